The number of aromatic amines is 2. The Kier molecular flexibility index (Phi) is 1.72. The molecule has 0 saturated carbocycles. The van der Waals surface area contributed by atoms with E-state index in [1.54, 1.807) is 0 Å². The maximum absolute atomic E-state index is 3.48. The van der Waals surface area contributed by atoms with Crippen LogP contribution in [0.15, 0.2) is 36.4 Å². The van der Waals surface area contributed by atoms with Gasteiger partial charge in [-0.2, -0.15) is 0 Å². The van der Waals surface area contributed by atoms with Gasteiger partial charge in [0.1, 0.15) is 0 Å². The van der Waals surface area contributed by atoms with E-state index in [0.717, 1.165) is 0 Å². The van der Waals surface area contributed by atoms with Gasteiger partial charge in [-0.3, -0.25) is 0 Å². The van der Waals surface area contributed by atoms with E-state index in [2.05, 4.69) is 60.2 Å². The van der Waals surface area contributed by atoms with Crippen LogP contribution >= 0.6 is 0 Å². The van der Waals surface area contributed by atoms with Gasteiger partial charge in [-0.15, -0.1) is 0 Å². The zero-order valence-electron chi connectivity index (χ0n) is 10.5. The molecule has 2 N–H and O–H groups in total. The molecule has 0 radical (unpaired) electrons. The van der Waals surface area contributed by atoms with Crippen LogP contribution in [-0.2, 0) is 0 Å². The van der Waals surface area contributed by atoms with Crippen molar-refractivity contribution in [1.29, 1.82) is 0 Å². The highest BCUT2D eigenvalue weighted by Gasteiger charge is 2.08. The van der Waals surface area contributed by atoms with E-state index in [9.17, 15) is 0 Å². The first-order valence-electron chi connectivity index (χ1n) is 6.23. The summed E-state index contributed by atoms with van der Waals surface area (Å²) < 4.78 is 0. The lowest BCUT2D eigenvalue weighted by molar-refractivity contribution is 1.30. The number of hydrogen-bond donors (Lipinski definition) is 2. The van der Waals surface area contributed by atoms with Crippen molar-refractivity contribution in [2.45, 2.75) is 13.8 Å². The summed E-state index contributed by atoms with van der Waals surface area (Å²) in [5.74, 6) is 0. The Morgan fingerprint density at radius 2 is 1.11 bits per heavy atom. The maximum Gasteiger partial charge on any atom is 0.0556 e. The molecule has 0 saturated heterocycles. The van der Waals surface area contributed by atoms with Gasteiger partial charge >= 0.3 is 0 Å². The standard InChI is InChI=1S/C16H14N2/c1-9-7-12-5-3-11-4-6-13-8-10(2)18-16(13)14(11)15(12)17-9/h3-8,17-18H,1-2H3. The van der Waals surface area contributed by atoms with Crippen LogP contribution in [0.5, 0.6) is 0 Å². The fraction of sp³-hybridized carbons (Fsp3) is 0.125. The molecule has 18 heavy (non-hydrogen) atoms. The van der Waals surface area contributed by atoms with Crippen molar-refractivity contribution in [3.63, 3.8) is 0 Å². The van der Waals surface area contributed by atoms with Gasteiger partial charge in [0.25, 0.3) is 0 Å². The van der Waals surface area contributed by atoms with Crippen molar-refractivity contribution in [2.24, 2.45) is 0 Å². The van der Waals surface area contributed by atoms with Gasteiger partial charge in [0.05, 0.1) is 11.0 Å². The second kappa shape index (κ2) is 3.16. The summed E-state index contributed by atoms with van der Waals surface area (Å²) >= 11 is 0. The average molecular weight is 234 g/mol. The summed E-state index contributed by atoms with van der Waals surface area (Å²) in [4.78, 5) is 6.97. The molecule has 0 aliphatic heterocycles. The molecule has 0 fully saturated rings. The molecule has 0 aliphatic rings. The molecule has 0 bridgehead atoms. The van der Waals surface area contributed by atoms with E-state index in [1.807, 2.05) is 0 Å². The molecule has 2 heteroatoms. The van der Waals surface area contributed by atoms with Crippen molar-refractivity contribution in [3.05, 3.63) is 47.8 Å². The number of fused-ring (bicyclic) bond motifs is 5. The van der Waals surface area contributed by atoms with Gasteiger partial charge in [-0.05, 0) is 31.4 Å². The number of aryl methyl sites for hydroxylation is 2. The van der Waals surface area contributed by atoms with E-state index >= 15 is 0 Å². The predicted octanol–water partition coefficient (Wildman–Crippen LogP) is 4.42. The quantitative estimate of drug-likeness (QED) is 0.451. The highest BCUT2D eigenvalue weighted by Crippen LogP contribution is 2.31. The van der Waals surface area contributed by atoms with Gasteiger partial charge in [0, 0.05) is 27.5 Å². The lowest BCUT2D eigenvalue weighted by Crippen LogP contribution is -1.79. The number of H-pyrrole nitrogens is 2. The highest BCUT2D eigenvalue weighted by atomic mass is 14.7. The molecule has 0 unspecified atom stereocenters. The molecule has 4 rings (SSSR count). The Labute approximate surface area is 105 Å². The smallest absolute Gasteiger partial charge is 0.0556 e. The van der Waals surface area contributed by atoms with Crippen molar-refractivity contribution >= 4 is 32.6 Å². The molecular formula is C16H14N2. The number of rotatable bonds is 0. The Balaban J connectivity index is 2.36. The maximum atomic E-state index is 3.48. The minimum atomic E-state index is 1.21. The second-order valence-electron chi connectivity index (χ2n) is 5.06. The summed E-state index contributed by atoms with van der Waals surface area (Å²) in [6.07, 6.45) is 0. The van der Waals surface area contributed by atoms with Crippen LogP contribution in [0.4, 0.5) is 0 Å². The summed E-state index contributed by atoms with van der Waals surface area (Å²) in [5, 5.41) is 5.13. The molecular weight excluding hydrogens is 220 g/mol. The molecule has 2 aromatic carbocycles. The minimum absolute atomic E-state index is 1.21. The molecule has 2 aromatic heterocycles. The van der Waals surface area contributed by atoms with Crippen LogP contribution in [0.1, 0.15) is 11.4 Å². The lowest BCUT2D eigenvalue weighted by atomic mass is 10.0. The second-order valence-corrected chi connectivity index (χ2v) is 5.06. The first-order chi connectivity index (χ1) is 8.72. The molecule has 2 nitrogen and oxygen atoms in total. The number of nitrogens with one attached hydrogen (secondary N) is 2. The van der Waals surface area contributed by atoms with E-state index in [-0.39, 0.29) is 0 Å². The third kappa shape index (κ3) is 1.17. The van der Waals surface area contributed by atoms with Crippen molar-refractivity contribution in [2.75, 3.05) is 0 Å². The van der Waals surface area contributed by atoms with Gasteiger partial charge < -0.3 is 9.97 Å². The largest absolute Gasteiger partial charge is 0.358 e. The average Bonchev–Trinajstić information content (AvgIpc) is 2.88. The Morgan fingerprint density at radius 3 is 1.61 bits per heavy atom. The summed E-state index contributed by atoms with van der Waals surface area (Å²) in [7, 11) is 0. The fourth-order valence-corrected chi connectivity index (χ4v) is 2.89. The molecule has 0 aliphatic carbocycles. The summed E-state index contributed by atoms with van der Waals surface area (Å²) in [6, 6.07) is 13.2. The van der Waals surface area contributed by atoms with Crippen LogP contribution in [0, 0.1) is 13.8 Å². The summed E-state index contributed by atoms with van der Waals surface area (Å²) in [5.41, 5.74) is 4.88. The monoisotopic (exact) mass is 234 g/mol. The van der Waals surface area contributed by atoms with E-state index in [0.29, 0.717) is 0 Å². The highest BCUT2D eigenvalue weighted by molar-refractivity contribution is 6.18. The Hall–Kier alpha value is -2.22. The Morgan fingerprint density at radius 1 is 0.667 bits per heavy atom. The first-order valence-corrected chi connectivity index (χ1v) is 6.23. The molecule has 0 amide bonds. The number of aromatic nitrogens is 2. The van der Waals surface area contributed by atoms with Gasteiger partial charge in [0.2, 0.25) is 0 Å². The van der Waals surface area contributed by atoms with Crippen LogP contribution in [-0.4, -0.2) is 9.97 Å². The normalized spacial score (nSPS) is 11.9. The zero-order chi connectivity index (χ0) is 12.3. The lowest BCUT2D eigenvalue weighted by Gasteiger charge is -2.02. The van der Waals surface area contributed by atoms with Crippen LogP contribution in [0.25, 0.3) is 32.6 Å². The topological polar surface area (TPSA) is 31.6 Å². The van der Waals surface area contributed by atoms with Crippen molar-refractivity contribution in [3.8, 4) is 0 Å². The number of benzene rings is 2. The van der Waals surface area contributed by atoms with Crippen LogP contribution < -0.4 is 0 Å². The molecule has 2 heterocycles. The molecule has 88 valence electrons. The van der Waals surface area contributed by atoms with Gasteiger partial charge in [-0.25, -0.2) is 0 Å². The third-order valence-electron chi connectivity index (χ3n) is 3.64. The van der Waals surface area contributed by atoms with Crippen molar-refractivity contribution in [1.82, 2.24) is 9.97 Å². The fourth-order valence-electron chi connectivity index (χ4n) is 2.89. The Bertz CT molecular complexity index is 822. The SMILES string of the molecule is Cc1cc2ccc3ccc4cc(C)[nH]c4c3c2[nH]1. The predicted molar refractivity (Wildman–Crippen MR) is 77.1 cm³/mol. The van der Waals surface area contributed by atoms with Gasteiger partial charge in [0.15, 0.2) is 0 Å². The first kappa shape index (κ1) is 9.77. The number of hydrogen-bond acceptors (Lipinski definition) is 0. The molecule has 0 spiro atoms. The molecule has 0 atom stereocenters. The van der Waals surface area contributed by atoms with E-state index in [1.165, 1.54) is 44.0 Å². The molecule has 4 aromatic rings. The van der Waals surface area contributed by atoms with Crippen LogP contribution in [0.2, 0.25) is 0 Å². The zero-order valence-corrected chi connectivity index (χ0v) is 10.5. The third-order valence-corrected chi connectivity index (χ3v) is 3.64. The van der Waals surface area contributed by atoms with Crippen molar-refractivity contribution < 1.29 is 0 Å². The van der Waals surface area contributed by atoms with E-state index in [4.69, 9.17) is 0 Å². The minimum Gasteiger partial charge on any atom is -0.358 e. The summed E-state index contributed by atoms with van der Waals surface area (Å²) in [6.45, 7) is 4.21. The van der Waals surface area contributed by atoms with Gasteiger partial charge in [-0.1, -0.05) is 24.3 Å². The van der Waals surface area contributed by atoms with Crippen LogP contribution in [0.3, 0.4) is 0 Å². The van der Waals surface area contributed by atoms with E-state index < -0.39 is 0 Å².